The molecule has 1 fully saturated rings. The predicted octanol–water partition coefficient (Wildman–Crippen LogP) is 1.35. The molecule has 6 nitrogen and oxygen atoms in total. The van der Waals surface area contributed by atoms with Crippen molar-refractivity contribution < 1.29 is 9.21 Å². The summed E-state index contributed by atoms with van der Waals surface area (Å²) >= 11 is 0. The van der Waals surface area contributed by atoms with Crippen molar-refractivity contribution in [3.63, 3.8) is 0 Å². The van der Waals surface area contributed by atoms with E-state index in [9.17, 15) is 4.79 Å². The standard InChI is InChI=1S/C15H24N4O2/c1-2-16-15(18-12-13-6-4-11-21-13)17-8-5-10-19-9-3-7-14(19)20/h4,6,11H,2-3,5,7-10,12H2,1H3,(H2,16,17,18). The van der Waals surface area contributed by atoms with E-state index in [1.807, 2.05) is 24.0 Å². The molecule has 0 unspecified atom stereocenters. The highest BCUT2D eigenvalue weighted by Crippen LogP contribution is 2.09. The highest BCUT2D eigenvalue weighted by molar-refractivity contribution is 5.79. The average Bonchev–Trinajstić information content (AvgIpc) is 3.13. The van der Waals surface area contributed by atoms with Crippen molar-refractivity contribution in [2.45, 2.75) is 32.7 Å². The Balaban J connectivity index is 1.69. The van der Waals surface area contributed by atoms with Gasteiger partial charge in [-0.2, -0.15) is 0 Å². The van der Waals surface area contributed by atoms with Crippen LogP contribution in [0.15, 0.2) is 27.8 Å². The third kappa shape index (κ3) is 5.13. The number of likely N-dealkylation sites (tertiary alicyclic amines) is 1. The van der Waals surface area contributed by atoms with Crippen molar-refractivity contribution in [1.29, 1.82) is 0 Å². The van der Waals surface area contributed by atoms with Gasteiger partial charge in [0.25, 0.3) is 0 Å². The summed E-state index contributed by atoms with van der Waals surface area (Å²) in [7, 11) is 0. The van der Waals surface area contributed by atoms with Crippen LogP contribution < -0.4 is 10.6 Å². The molecule has 116 valence electrons. The first-order valence-electron chi connectivity index (χ1n) is 7.62. The lowest BCUT2D eigenvalue weighted by Gasteiger charge is -2.16. The minimum atomic E-state index is 0.286. The van der Waals surface area contributed by atoms with Gasteiger partial charge in [-0.1, -0.05) is 0 Å². The first-order valence-corrected chi connectivity index (χ1v) is 7.62. The maximum atomic E-state index is 11.5. The van der Waals surface area contributed by atoms with Crippen molar-refractivity contribution in [2.24, 2.45) is 4.99 Å². The first-order chi connectivity index (χ1) is 10.3. The van der Waals surface area contributed by atoms with Crippen LogP contribution >= 0.6 is 0 Å². The molecule has 0 saturated carbocycles. The largest absolute Gasteiger partial charge is 0.467 e. The summed E-state index contributed by atoms with van der Waals surface area (Å²) in [6.07, 6.45) is 4.29. The van der Waals surface area contributed by atoms with E-state index in [1.165, 1.54) is 0 Å². The number of rotatable bonds is 7. The fraction of sp³-hybridized carbons (Fsp3) is 0.600. The zero-order chi connectivity index (χ0) is 14.9. The molecule has 1 saturated heterocycles. The number of hydrogen-bond donors (Lipinski definition) is 2. The van der Waals surface area contributed by atoms with Crippen LogP contribution in [0.3, 0.4) is 0 Å². The number of amides is 1. The molecule has 1 amide bonds. The Hall–Kier alpha value is -1.98. The number of carbonyl (C=O) groups excluding carboxylic acids is 1. The van der Waals surface area contributed by atoms with Gasteiger partial charge in [-0.05, 0) is 31.9 Å². The molecule has 1 aromatic heterocycles. The number of furan rings is 1. The minimum Gasteiger partial charge on any atom is -0.467 e. The second-order valence-electron chi connectivity index (χ2n) is 5.04. The minimum absolute atomic E-state index is 0.286. The van der Waals surface area contributed by atoms with Crippen molar-refractivity contribution in [1.82, 2.24) is 15.5 Å². The van der Waals surface area contributed by atoms with Crippen molar-refractivity contribution in [3.8, 4) is 0 Å². The van der Waals surface area contributed by atoms with Crippen LogP contribution in [0, 0.1) is 0 Å². The van der Waals surface area contributed by atoms with E-state index in [0.29, 0.717) is 13.0 Å². The molecule has 0 aliphatic carbocycles. The Morgan fingerprint density at radius 1 is 1.48 bits per heavy atom. The second kappa shape index (κ2) is 8.34. The van der Waals surface area contributed by atoms with Crippen LogP contribution in [0.2, 0.25) is 0 Å². The maximum Gasteiger partial charge on any atom is 0.222 e. The van der Waals surface area contributed by atoms with Gasteiger partial charge in [0.1, 0.15) is 12.3 Å². The third-order valence-electron chi connectivity index (χ3n) is 3.39. The molecular weight excluding hydrogens is 268 g/mol. The lowest BCUT2D eigenvalue weighted by molar-refractivity contribution is -0.127. The Morgan fingerprint density at radius 2 is 2.38 bits per heavy atom. The van der Waals surface area contributed by atoms with Gasteiger partial charge in [0.05, 0.1) is 6.26 Å². The van der Waals surface area contributed by atoms with Gasteiger partial charge in [0, 0.05) is 32.6 Å². The highest BCUT2D eigenvalue weighted by atomic mass is 16.3. The summed E-state index contributed by atoms with van der Waals surface area (Å²) in [4.78, 5) is 17.9. The van der Waals surface area contributed by atoms with E-state index in [1.54, 1.807) is 6.26 Å². The highest BCUT2D eigenvalue weighted by Gasteiger charge is 2.18. The van der Waals surface area contributed by atoms with E-state index in [0.717, 1.165) is 50.7 Å². The molecule has 21 heavy (non-hydrogen) atoms. The fourth-order valence-electron chi connectivity index (χ4n) is 2.32. The summed E-state index contributed by atoms with van der Waals surface area (Å²) in [5, 5.41) is 6.48. The van der Waals surface area contributed by atoms with E-state index in [2.05, 4.69) is 15.6 Å². The molecule has 1 aliphatic heterocycles. The molecule has 2 heterocycles. The van der Waals surface area contributed by atoms with Gasteiger partial charge in [0.2, 0.25) is 5.91 Å². The van der Waals surface area contributed by atoms with E-state index < -0.39 is 0 Å². The summed E-state index contributed by atoms with van der Waals surface area (Å²) in [5.41, 5.74) is 0. The number of nitrogens with zero attached hydrogens (tertiary/aromatic N) is 2. The summed E-state index contributed by atoms with van der Waals surface area (Å²) < 4.78 is 5.26. The first kappa shape index (κ1) is 15.4. The molecule has 0 atom stereocenters. The maximum absolute atomic E-state index is 11.5. The number of aliphatic imine (C=N–C) groups is 1. The quantitative estimate of drug-likeness (QED) is 0.452. The van der Waals surface area contributed by atoms with Gasteiger partial charge in [-0.15, -0.1) is 0 Å². The van der Waals surface area contributed by atoms with Crippen molar-refractivity contribution in [3.05, 3.63) is 24.2 Å². The lowest BCUT2D eigenvalue weighted by Crippen LogP contribution is -2.38. The van der Waals surface area contributed by atoms with Gasteiger partial charge < -0.3 is 20.0 Å². The van der Waals surface area contributed by atoms with Gasteiger partial charge >= 0.3 is 0 Å². The molecule has 0 aromatic carbocycles. The molecular formula is C15H24N4O2. The van der Waals surface area contributed by atoms with Crippen molar-refractivity contribution >= 4 is 11.9 Å². The van der Waals surface area contributed by atoms with Crippen LogP contribution in [0.4, 0.5) is 0 Å². The molecule has 2 rings (SSSR count). The van der Waals surface area contributed by atoms with Gasteiger partial charge in [-0.3, -0.25) is 4.79 Å². The number of carbonyl (C=O) groups is 1. The van der Waals surface area contributed by atoms with Crippen LogP contribution in [0.5, 0.6) is 0 Å². The van der Waals surface area contributed by atoms with Crippen LogP contribution in [0.25, 0.3) is 0 Å². The summed E-state index contributed by atoms with van der Waals surface area (Å²) in [5.74, 6) is 1.91. The molecule has 6 heteroatoms. The fourth-order valence-corrected chi connectivity index (χ4v) is 2.32. The smallest absolute Gasteiger partial charge is 0.222 e. The second-order valence-corrected chi connectivity index (χ2v) is 5.04. The molecule has 1 aliphatic rings. The number of hydrogen-bond acceptors (Lipinski definition) is 3. The van der Waals surface area contributed by atoms with Crippen LogP contribution in [-0.2, 0) is 11.3 Å². The van der Waals surface area contributed by atoms with E-state index >= 15 is 0 Å². The predicted molar refractivity (Wildman–Crippen MR) is 82.0 cm³/mol. The Kier molecular flexibility index (Phi) is 6.12. The normalized spacial score (nSPS) is 15.6. The van der Waals surface area contributed by atoms with Crippen LogP contribution in [-0.4, -0.2) is 42.9 Å². The van der Waals surface area contributed by atoms with E-state index in [4.69, 9.17) is 4.42 Å². The molecule has 0 radical (unpaired) electrons. The Morgan fingerprint density at radius 3 is 3.05 bits per heavy atom. The van der Waals surface area contributed by atoms with Gasteiger partial charge in [-0.25, -0.2) is 4.99 Å². The van der Waals surface area contributed by atoms with Crippen molar-refractivity contribution in [2.75, 3.05) is 26.2 Å². The lowest BCUT2D eigenvalue weighted by atomic mass is 10.4. The zero-order valence-electron chi connectivity index (χ0n) is 12.6. The van der Waals surface area contributed by atoms with Gasteiger partial charge in [0.15, 0.2) is 5.96 Å². The topological polar surface area (TPSA) is 69.9 Å². The number of guanidine groups is 1. The average molecular weight is 292 g/mol. The van der Waals surface area contributed by atoms with Crippen LogP contribution in [0.1, 0.15) is 31.9 Å². The summed E-state index contributed by atoms with van der Waals surface area (Å²) in [6.45, 7) is 5.90. The molecule has 0 bridgehead atoms. The third-order valence-corrected chi connectivity index (χ3v) is 3.39. The van der Waals surface area contributed by atoms with E-state index in [-0.39, 0.29) is 5.91 Å². The monoisotopic (exact) mass is 292 g/mol. The Labute approximate surface area is 125 Å². The molecule has 1 aromatic rings. The zero-order valence-corrected chi connectivity index (χ0v) is 12.6. The summed E-state index contributed by atoms with van der Waals surface area (Å²) in [6, 6.07) is 3.77. The number of nitrogens with one attached hydrogen (secondary N) is 2. The molecule has 0 spiro atoms. The Bertz CT molecular complexity index is 456. The SMILES string of the molecule is CCNC(=NCc1ccco1)NCCCN1CCCC1=O. The molecule has 2 N–H and O–H groups in total.